The van der Waals surface area contributed by atoms with Crippen molar-refractivity contribution in [3.63, 3.8) is 0 Å². The Hall–Kier alpha value is -2.92. The number of hydrogen-bond donors (Lipinski definition) is 0. The molecule has 2 fully saturated rings. The fourth-order valence-electron chi connectivity index (χ4n) is 6.43. The molecule has 0 bridgehead atoms. The average molecular weight is 496 g/mol. The molecule has 3 heterocycles. The van der Waals surface area contributed by atoms with Crippen molar-refractivity contribution in [1.82, 2.24) is 10.1 Å². The highest BCUT2D eigenvalue weighted by molar-refractivity contribution is 7.22. The van der Waals surface area contributed by atoms with Crippen molar-refractivity contribution < 1.29 is 4.52 Å². The van der Waals surface area contributed by atoms with Gasteiger partial charge in [-0.3, -0.25) is 0 Å². The number of thiazole rings is 1. The van der Waals surface area contributed by atoms with E-state index in [1.54, 1.807) is 0 Å². The lowest BCUT2D eigenvalue weighted by molar-refractivity contribution is 0.277. The van der Waals surface area contributed by atoms with Gasteiger partial charge in [0, 0.05) is 30.1 Å². The molecule has 7 rings (SSSR count). The number of hydrogen-bond acceptors (Lipinski definition) is 5. The average Bonchev–Trinajstić information content (AvgIpc) is 3.44. The first-order chi connectivity index (χ1) is 17.4. The SMILES string of the molecule is Cc1cc(C)c2nc(N3CCC4(C=C(c5c(-c6c(C)cccc6C)noc5C5CC5)C4)CC3)sc2c1. The zero-order valence-corrected chi connectivity index (χ0v) is 22.5. The third kappa shape index (κ3) is 3.54. The number of benzene rings is 2. The molecule has 1 aliphatic heterocycles. The number of rotatable bonds is 4. The summed E-state index contributed by atoms with van der Waals surface area (Å²) < 4.78 is 7.35. The van der Waals surface area contributed by atoms with Gasteiger partial charge in [-0.15, -0.1) is 0 Å². The third-order valence-electron chi connectivity index (χ3n) is 8.58. The van der Waals surface area contributed by atoms with Crippen LogP contribution < -0.4 is 4.90 Å². The van der Waals surface area contributed by atoms with E-state index in [0.29, 0.717) is 11.3 Å². The summed E-state index contributed by atoms with van der Waals surface area (Å²) in [5.74, 6) is 1.68. The monoisotopic (exact) mass is 495 g/mol. The topological polar surface area (TPSA) is 42.2 Å². The van der Waals surface area contributed by atoms with Gasteiger partial charge in [0.25, 0.3) is 0 Å². The van der Waals surface area contributed by atoms with Crippen LogP contribution in [0.15, 0.2) is 40.9 Å². The first kappa shape index (κ1) is 22.3. The van der Waals surface area contributed by atoms with Gasteiger partial charge in [0.05, 0.1) is 10.2 Å². The number of piperidine rings is 1. The van der Waals surface area contributed by atoms with Crippen LogP contribution in [-0.2, 0) is 0 Å². The van der Waals surface area contributed by atoms with E-state index in [1.807, 2.05) is 11.3 Å². The number of aromatic nitrogens is 2. The molecule has 2 aliphatic carbocycles. The lowest BCUT2D eigenvalue weighted by atomic mass is 9.63. The number of fused-ring (bicyclic) bond motifs is 1. The second-order valence-electron chi connectivity index (χ2n) is 11.4. The zero-order chi connectivity index (χ0) is 24.6. The molecule has 1 spiro atoms. The largest absolute Gasteiger partial charge is 0.360 e. The molecule has 2 aromatic carbocycles. The summed E-state index contributed by atoms with van der Waals surface area (Å²) in [6.45, 7) is 10.9. The minimum absolute atomic E-state index is 0.311. The van der Waals surface area contributed by atoms with E-state index in [9.17, 15) is 0 Å². The summed E-state index contributed by atoms with van der Waals surface area (Å²) in [5.41, 5.74) is 11.7. The minimum Gasteiger partial charge on any atom is -0.360 e. The molecule has 3 aliphatic rings. The van der Waals surface area contributed by atoms with E-state index in [0.717, 1.165) is 31.0 Å². The zero-order valence-electron chi connectivity index (χ0n) is 21.6. The molecule has 4 nitrogen and oxygen atoms in total. The Bertz CT molecular complexity index is 1510. The van der Waals surface area contributed by atoms with Crippen molar-refractivity contribution >= 4 is 32.3 Å². The molecular weight excluding hydrogens is 462 g/mol. The van der Waals surface area contributed by atoms with Gasteiger partial charge >= 0.3 is 0 Å². The standard InChI is InChI=1S/C31H33N3OS/c1-18-14-21(4)27-24(15-18)36-30(32-27)34-12-10-31(11-13-34)16-23(17-31)26-28(33-35-29(26)22-8-9-22)25-19(2)6-5-7-20(25)3/h5-7,14-16,22H,8-13,17H2,1-4H3. The predicted octanol–water partition coefficient (Wildman–Crippen LogP) is 8.14. The van der Waals surface area contributed by atoms with Crippen LogP contribution in [0.3, 0.4) is 0 Å². The van der Waals surface area contributed by atoms with Crippen molar-refractivity contribution in [2.45, 2.75) is 65.7 Å². The van der Waals surface area contributed by atoms with Crippen LogP contribution in [0.25, 0.3) is 27.0 Å². The van der Waals surface area contributed by atoms with Crippen LogP contribution in [0.2, 0.25) is 0 Å². The fourth-order valence-corrected chi connectivity index (χ4v) is 7.63. The summed E-state index contributed by atoms with van der Waals surface area (Å²) in [7, 11) is 0. The maximum absolute atomic E-state index is 6.03. The summed E-state index contributed by atoms with van der Waals surface area (Å²) in [6.07, 6.45) is 8.54. The number of allylic oxidation sites excluding steroid dienone is 2. The maximum Gasteiger partial charge on any atom is 0.186 e. The van der Waals surface area contributed by atoms with Crippen LogP contribution in [0, 0.1) is 33.1 Å². The van der Waals surface area contributed by atoms with Gasteiger partial charge in [-0.05, 0) is 99.1 Å². The Morgan fingerprint density at radius 2 is 1.69 bits per heavy atom. The molecule has 0 atom stereocenters. The lowest BCUT2D eigenvalue weighted by Crippen LogP contribution is -2.42. The van der Waals surface area contributed by atoms with Crippen LogP contribution >= 0.6 is 11.3 Å². The normalized spacial score (nSPS) is 19.1. The van der Waals surface area contributed by atoms with Crippen molar-refractivity contribution in [2.24, 2.45) is 5.41 Å². The fraction of sp³-hybridized carbons (Fsp3) is 0.419. The van der Waals surface area contributed by atoms with Gasteiger partial charge in [-0.2, -0.15) is 0 Å². The van der Waals surface area contributed by atoms with Crippen molar-refractivity contribution in [3.05, 3.63) is 70.0 Å². The lowest BCUT2D eigenvalue weighted by Gasteiger charge is -2.46. The van der Waals surface area contributed by atoms with E-state index < -0.39 is 0 Å². The van der Waals surface area contributed by atoms with Gasteiger partial charge in [0.1, 0.15) is 11.5 Å². The molecule has 0 N–H and O–H groups in total. The van der Waals surface area contributed by atoms with Crippen LogP contribution in [0.5, 0.6) is 0 Å². The molecule has 0 amide bonds. The first-order valence-electron chi connectivity index (χ1n) is 13.3. The van der Waals surface area contributed by atoms with E-state index >= 15 is 0 Å². The molecule has 5 heteroatoms. The molecule has 2 aromatic heterocycles. The Labute approximate surface area is 217 Å². The van der Waals surface area contributed by atoms with E-state index in [1.165, 1.54) is 80.0 Å². The molecule has 0 unspecified atom stereocenters. The van der Waals surface area contributed by atoms with Crippen LogP contribution in [-0.4, -0.2) is 23.2 Å². The maximum atomic E-state index is 6.03. The van der Waals surface area contributed by atoms with Gasteiger partial charge in [0.15, 0.2) is 5.13 Å². The summed E-state index contributed by atoms with van der Waals surface area (Å²) in [5, 5.41) is 5.85. The Kier molecular flexibility index (Phi) is 4.98. The summed E-state index contributed by atoms with van der Waals surface area (Å²) >= 11 is 1.85. The summed E-state index contributed by atoms with van der Waals surface area (Å²) in [4.78, 5) is 7.54. The van der Waals surface area contributed by atoms with Crippen LogP contribution in [0.4, 0.5) is 5.13 Å². The number of nitrogens with zero attached hydrogens (tertiary/aromatic N) is 3. The second kappa shape index (κ2) is 8.04. The van der Waals surface area contributed by atoms with Gasteiger partial charge in [-0.25, -0.2) is 4.98 Å². The van der Waals surface area contributed by atoms with Crippen molar-refractivity contribution in [1.29, 1.82) is 0 Å². The molecule has 0 radical (unpaired) electrons. The molecule has 36 heavy (non-hydrogen) atoms. The Morgan fingerprint density at radius 3 is 2.39 bits per heavy atom. The second-order valence-corrected chi connectivity index (χ2v) is 12.4. The highest BCUT2D eigenvalue weighted by Gasteiger charge is 2.44. The van der Waals surface area contributed by atoms with Gasteiger partial charge in [0.2, 0.25) is 0 Å². The van der Waals surface area contributed by atoms with Gasteiger partial charge < -0.3 is 9.42 Å². The predicted molar refractivity (Wildman–Crippen MR) is 149 cm³/mol. The molecule has 1 saturated carbocycles. The van der Waals surface area contributed by atoms with E-state index in [-0.39, 0.29) is 0 Å². The highest BCUT2D eigenvalue weighted by atomic mass is 32.1. The Morgan fingerprint density at radius 1 is 0.972 bits per heavy atom. The van der Waals surface area contributed by atoms with Crippen LogP contribution in [0.1, 0.15) is 71.6 Å². The van der Waals surface area contributed by atoms with E-state index in [2.05, 4.69) is 74.2 Å². The van der Waals surface area contributed by atoms with Crippen molar-refractivity contribution in [3.8, 4) is 11.3 Å². The number of anilines is 1. The molecule has 184 valence electrons. The molecule has 4 aromatic rings. The van der Waals surface area contributed by atoms with Gasteiger partial charge in [-0.1, -0.05) is 46.8 Å². The summed E-state index contributed by atoms with van der Waals surface area (Å²) in [6, 6.07) is 11.0. The smallest absolute Gasteiger partial charge is 0.186 e. The molecule has 1 saturated heterocycles. The Balaban J connectivity index is 1.16. The first-order valence-corrected chi connectivity index (χ1v) is 14.1. The minimum atomic E-state index is 0.311. The highest BCUT2D eigenvalue weighted by Crippen LogP contribution is 2.56. The van der Waals surface area contributed by atoms with Crippen molar-refractivity contribution in [2.75, 3.05) is 18.0 Å². The van der Waals surface area contributed by atoms with E-state index in [4.69, 9.17) is 9.51 Å². The number of aryl methyl sites for hydroxylation is 4. The molecular formula is C31H33N3OS. The third-order valence-corrected chi connectivity index (χ3v) is 9.64. The quantitative estimate of drug-likeness (QED) is 0.287.